The van der Waals surface area contributed by atoms with Crippen molar-refractivity contribution < 1.29 is 4.74 Å². The van der Waals surface area contributed by atoms with E-state index in [1.807, 2.05) is 12.4 Å². The van der Waals surface area contributed by atoms with Crippen LogP contribution >= 0.6 is 0 Å². The Kier molecular flexibility index (Phi) is 3.11. The van der Waals surface area contributed by atoms with Gasteiger partial charge in [0.1, 0.15) is 0 Å². The summed E-state index contributed by atoms with van der Waals surface area (Å²) in [4.78, 5) is 4.08. The Morgan fingerprint density at radius 3 is 2.83 bits per heavy atom. The molecule has 0 fully saturated rings. The number of rotatable bonds is 3. The number of ether oxygens (including phenoxy) is 1. The molecule has 1 aliphatic rings. The molecule has 1 aromatic carbocycles. The van der Waals surface area contributed by atoms with Crippen molar-refractivity contribution in [3.05, 3.63) is 53.9 Å². The van der Waals surface area contributed by atoms with Crippen molar-refractivity contribution in [1.82, 2.24) is 4.98 Å². The maximum Gasteiger partial charge on any atom is 0.0833 e. The minimum absolute atomic E-state index is 0.284. The highest BCUT2D eigenvalue weighted by Gasteiger charge is 2.24. The summed E-state index contributed by atoms with van der Waals surface area (Å²) in [5.74, 6) is 0. The number of hydrogen-bond donors (Lipinski definition) is 0. The van der Waals surface area contributed by atoms with E-state index in [1.165, 1.54) is 22.3 Å². The molecule has 3 rings (SSSR count). The lowest BCUT2D eigenvalue weighted by Crippen LogP contribution is -1.94. The standard InChI is InChI=1S/C16H17NO/c1-2-4-16-14-6-3-5-13(15(14)11-18-16)12-7-9-17-10-8-12/h3,5-10,16H,2,4,11H2,1H3/t16-/m0/s1. The Morgan fingerprint density at radius 2 is 2.06 bits per heavy atom. The fraction of sp³-hybridized carbons (Fsp3) is 0.312. The summed E-state index contributed by atoms with van der Waals surface area (Å²) in [6.07, 6.45) is 6.23. The summed E-state index contributed by atoms with van der Waals surface area (Å²) in [5, 5.41) is 0. The van der Waals surface area contributed by atoms with Crippen molar-refractivity contribution in [3.8, 4) is 11.1 Å². The SMILES string of the molecule is CCC[C@@H]1OCc2c(-c3ccncc3)cccc21. The van der Waals surface area contributed by atoms with E-state index in [-0.39, 0.29) is 6.10 Å². The van der Waals surface area contributed by atoms with Crippen molar-refractivity contribution in [2.75, 3.05) is 0 Å². The average Bonchev–Trinajstić information content (AvgIpc) is 2.84. The molecule has 0 aliphatic carbocycles. The average molecular weight is 239 g/mol. The zero-order valence-corrected chi connectivity index (χ0v) is 10.6. The van der Waals surface area contributed by atoms with Crippen LogP contribution < -0.4 is 0 Å². The van der Waals surface area contributed by atoms with E-state index in [2.05, 4.69) is 42.2 Å². The van der Waals surface area contributed by atoms with Crippen LogP contribution in [0.2, 0.25) is 0 Å². The second kappa shape index (κ2) is 4.91. The first-order valence-electron chi connectivity index (χ1n) is 6.54. The molecule has 0 saturated carbocycles. The first-order chi connectivity index (χ1) is 8.90. The predicted octanol–water partition coefficient (Wildman–Crippen LogP) is 4.12. The van der Waals surface area contributed by atoms with Crippen molar-refractivity contribution in [1.29, 1.82) is 0 Å². The van der Waals surface area contributed by atoms with Crippen molar-refractivity contribution >= 4 is 0 Å². The number of nitrogens with zero attached hydrogens (tertiary/aromatic N) is 1. The Bertz CT molecular complexity index is 536. The molecule has 1 aliphatic heterocycles. The van der Waals surface area contributed by atoms with Crippen LogP contribution in [0.25, 0.3) is 11.1 Å². The van der Waals surface area contributed by atoms with E-state index in [9.17, 15) is 0 Å². The topological polar surface area (TPSA) is 22.1 Å². The minimum atomic E-state index is 0.284. The molecule has 2 nitrogen and oxygen atoms in total. The van der Waals surface area contributed by atoms with E-state index >= 15 is 0 Å². The zero-order chi connectivity index (χ0) is 12.4. The Morgan fingerprint density at radius 1 is 1.22 bits per heavy atom. The molecular formula is C16H17NO. The molecule has 1 aromatic heterocycles. The first kappa shape index (κ1) is 11.4. The number of benzene rings is 1. The summed E-state index contributed by atoms with van der Waals surface area (Å²) in [7, 11) is 0. The normalized spacial score (nSPS) is 17.7. The lowest BCUT2D eigenvalue weighted by molar-refractivity contribution is 0.0597. The van der Waals surface area contributed by atoms with E-state index in [0.29, 0.717) is 0 Å². The van der Waals surface area contributed by atoms with E-state index in [0.717, 1.165) is 19.4 Å². The fourth-order valence-electron chi connectivity index (χ4n) is 2.64. The largest absolute Gasteiger partial charge is 0.369 e. The second-order valence-electron chi connectivity index (χ2n) is 4.70. The van der Waals surface area contributed by atoms with Crippen LogP contribution in [0.1, 0.15) is 37.0 Å². The van der Waals surface area contributed by atoms with Gasteiger partial charge in [-0.1, -0.05) is 31.5 Å². The van der Waals surface area contributed by atoms with Gasteiger partial charge in [0, 0.05) is 12.4 Å². The lowest BCUT2D eigenvalue weighted by atomic mass is 9.94. The van der Waals surface area contributed by atoms with Crippen LogP contribution in [0.15, 0.2) is 42.7 Å². The number of fused-ring (bicyclic) bond motifs is 1. The molecule has 1 atom stereocenters. The molecule has 92 valence electrons. The first-order valence-corrected chi connectivity index (χ1v) is 6.54. The zero-order valence-electron chi connectivity index (χ0n) is 10.6. The molecule has 0 unspecified atom stereocenters. The van der Waals surface area contributed by atoms with Crippen LogP contribution in [-0.2, 0) is 11.3 Å². The van der Waals surface area contributed by atoms with Crippen LogP contribution in [0.4, 0.5) is 0 Å². The van der Waals surface area contributed by atoms with Crippen molar-refractivity contribution in [2.45, 2.75) is 32.5 Å². The van der Waals surface area contributed by atoms with Crippen molar-refractivity contribution in [3.63, 3.8) is 0 Å². The highest BCUT2D eigenvalue weighted by molar-refractivity contribution is 5.69. The van der Waals surface area contributed by atoms with Crippen LogP contribution in [-0.4, -0.2) is 4.98 Å². The van der Waals surface area contributed by atoms with Crippen LogP contribution in [0.3, 0.4) is 0 Å². The summed E-state index contributed by atoms with van der Waals surface area (Å²) < 4.78 is 5.91. The molecule has 18 heavy (non-hydrogen) atoms. The van der Waals surface area contributed by atoms with E-state index in [1.54, 1.807) is 0 Å². The van der Waals surface area contributed by atoms with Crippen LogP contribution in [0, 0.1) is 0 Å². The smallest absolute Gasteiger partial charge is 0.0833 e. The molecule has 0 radical (unpaired) electrons. The van der Waals surface area contributed by atoms with Gasteiger partial charge in [-0.2, -0.15) is 0 Å². The number of hydrogen-bond acceptors (Lipinski definition) is 2. The third-order valence-electron chi connectivity index (χ3n) is 3.53. The third kappa shape index (κ3) is 1.93. The van der Waals surface area contributed by atoms with Gasteiger partial charge in [0.05, 0.1) is 12.7 Å². The molecule has 2 heterocycles. The fourth-order valence-corrected chi connectivity index (χ4v) is 2.64. The molecule has 2 aromatic rings. The van der Waals surface area contributed by atoms with E-state index in [4.69, 9.17) is 4.74 Å². The van der Waals surface area contributed by atoms with Crippen LogP contribution in [0.5, 0.6) is 0 Å². The second-order valence-corrected chi connectivity index (χ2v) is 4.70. The molecular weight excluding hydrogens is 222 g/mol. The molecule has 2 heteroatoms. The summed E-state index contributed by atoms with van der Waals surface area (Å²) in [6, 6.07) is 10.6. The highest BCUT2D eigenvalue weighted by atomic mass is 16.5. The highest BCUT2D eigenvalue weighted by Crippen LogP contribution is 2.38. The molecule has 0 N–H and O–H groups in total. The van der Waals surface area contributed by atoms with Gasteiger partial charge in [-0.15, -0.1) is 0 Å². The van der Waals surface area contributed by atoms with Gasteiger partial charge in [-0.3, -0.25) is 4.98 Å². The minimum Gasteiger partial charge on any atom is -0.369 e. The molecule has 0 spiro atoms. The monoisotopic (exact) mass is 239 g/mol. The summed E-state index contributed by atoms with van der Waals surface area (Å²) in [5.41, 5.74) is 5.23. The van der Waals surface area contributed by atoms with Crippen molar-refractivity contribution in [2.24, 2.45) is 0 Å². The summed E-state index contributed by atoms with van der Waals surface area (Å²) >= 11 is 0. The maximum atomic E-state index is 5.91. The van der Waals surface area contributed by atoms with Gasteiger partial charge in [0.15, 0.2) is 0 Å². The quantitative estimate of drug-likeness (QED) is 0.803. The van der Waals surface area contributed by atoms with Gasteiger partial charge in [0.2, 0.25) is 0 Å². The Labute approximate surface area is 108 Å². The number of pyridine rings is 1. The summed E-state index contributed by atoms with van der Waals surface area (Å²) in [6.45, 7) is 2.94. The van der Waals surface area contributed by atoms with E-state index < -0.39 is 0 Å². The molecule has 0 amide bonds. The number of aromatic nitrogens is 1. The van der Waals surface area contributed by atoms with Gasteiger partial charge < -0.3 is 4.74 Å². The van der Waals surface area contributed by atoms with Gasteiger partial charge in [0.25, 0.3) is 0 Å². The lowest BCUT2D eigenvalue weighted by Gasteiger charge is -2.10. The molecule has 0 bridgehead atoms. The van der Waals surface area contributed by atoms with Gasteiger partial charge >= 0.3 is 0 Å². The Balaban J connectivity index is 2.04. The Hall–Kier alpha value is -1.67. The van der Waals surface area contributed by atoms with Gasteiger partial charge in [-0.05, 0) is 40.8 Å². The van der Waals surface area contributed by atoms with Gasteiger partial charge in [-0.25, -0.2) is 0 Å². The third-order valence-corrected chi connectivity index (χ3v) is 3.53. The molecule has 0 saturated heterocycles. The predicted molar refractivity (Wildman–Crippen MR) is 72.1 cm³/mol. The maximum absolute atomic E-state index is 5.91.